The summed E-state index contributed by atoms with van der Waals surface area (Å²) >= 11 is 0. The number of pyridine rings is 1. The molecule has 0 fully saturated rings. The molecule has 0 saturated carbocycles. The predicted octanol–water partition coefficient (Wildman–Crippen LogP) is 14.4. The van der Waals surface area contributed by atoms with Gasteiger partial charge >= 0.3 is 17.2 Å². The Balaban J connectivity index is 0.00000224. The molecule has 0 aliphatic carbocycles. The fourth-order valence-corrected chi connectivity index (χ4v) is 8.45. The Morgan fingerprint density at radius 3 is 1.07 bits per heavy atom. The van der Waals surface area contributed by atoms with E-state index in [0.717, 1.165) is 43.1 Å². The van der Waals surface area contributed by atoms with Crippen LogP contribution < -0.4 is 22.6 Å². The normalized spacial score (nSPS) is 11.1. The summed E-state index contributed by atoms with van der Waals surface area (Å²) in [6.07, 6.45) is 1.70. The van der Waals surface area contributed by atoms with Crippen molar-refractivity contribution in [2.45, 2.75) is 20.5 Å². The smallest absolute Gasteiger partial charge is 0.417 e. The van der Waals surface area contributed by atoms with E-state index in [0.29, 0.717) is 34.4 Å². The lowest BCUT2D eigenvalue weighted by Gasteiger charge is -2.22. The lowest BCUT2D eigenvalue weighted by molar-refractivity contribution is 0.251. The van der Waals surface area contributed by atoms with Crippen molar-refractivity contribution in [1.29, 1.82) is 0 Å². The van der Waals surface area contributed by atoms with Crippen LogP contribution in [0.1, 0.15) is 19.5 Å². The molecule has 9 aromatic rings. The minimum absolute atomic E-state index is 0.0170. The van der Waals surface area contributed by atoms with E-state index >= 15 is 0 Å². The Bertz CT molecular complexity index is 2580. The van der Waals surface area contributed by atoms with Crippen LogP contribution in [0.3, 0.4) is 0 Å². The summed E-state index contributed by atoms with van der Waals surface area (Å²) in [6, 6.07) is 59.6. The van der Waals surface area contributed by atoms with Crippen molar-refractivity contribution in [3.63, 3.8) is 0 Å². The Kier molecular flexibility index (Phi) is 12.0. The van der Waals surface area contributed by atoms with E-state index in [4.69, 9.17) is 27.1 Å². The maximum absolute atomic E-state index is 6.64. The van der Waals surface area contributed by atoms with Gasteiger partial charge < -0.3 is 22.6 Å². The number of hydrogen-bond donors (Lipinski definition) is 0. The minimum Gasteiger partial charge on any atom is -0.417 e. The van der Waals surface area contributed by atoms with Gasteiger partial charge in [-0.3, -0.25) is 9.51 Å². The van der Waals surface area contributed by atoms with Gasteiger partial charge in [0, 0.05) is 27.7 Å². The third-order valence-corrected chi connectivity index (χ3v) is 11.1. The zero-order valence-electron chi connectivity index (χ0n) is 31.4. The maximum atomic E-state index is 6.64. The zero-order chi connectivity index (χ0) is 38.8. The first-order valence-corrected chi connectivity index (χ1v) is 20.9. The molecule has 9 rings (SSSR count). The lowest BCUT2D eigenvalue weighted by Crippen LogP contribution is -2.07. The van der Waals surface area contributed by atoms with Crippen LogP contribution in [0, 0.1) is 0 Å². The van der Waals surface area contributed by atoms with Crippen molar-refractivity contribution in [3.8, 4) is 28.7 Å². The summed E-state index contributed by atoms with van der Waals surface area (Å²) < 4.78 is 39.5. The first-order valence-electron chi connectivity index (χ1n) is 18.7. The van der Waals surface area contributed by atoms with Crippen LogP contribution in [0.2, 0.25) is 0 Å². The van der Waals surface area contributed by atoms with Crippen LogP contribution in [-0.2, 0) is 11.1 Å². The predicted molar refractivity (Wildman–Crippen MR) is 233 cm³/mol. The molecule has 7 nitrogen and oxygen atoms in total. The highest BCUT2D eigenvalue weighted by Crippen LogP contribution is 2.49. The average molecular weight is 788 g/mol. The van der Waals surface area contributed by atoms with Crippen LogP contribution in [0.25, 0.3) is 43.1 Å². The van der Waals surface area contributed by atoms with Crippen molar-refractivity contribution >= 4 is 60.3 Å². The Morgan fingerprint density at radius 2 is 0.667 bits per heavy atom. The molecule has 0 radical (unpaired) electrons. The summed E-state index contributed by atoms with van der Waals surface area (Å²) in [7, 11) is -4.04. The van der Waals surface area contributed by atoms with Gasteiger partial charge in [0.2, 0.25) is 0 Å². The van der Waals surface area contributed by atoms with Gasteiger partial charge in [-0.1, -0.05) is 159 Å². The molecule has 0 saturated heterocycles. The zero-order valence-corrected chi connectivity index (χ0v) is 33.2. The second-order valence-electron chi connectivity index (χ2n) is 12.5. The van der Waals surface area contributed by atoms with E-state index in [1.807, 2.05) is 196 Å². The molecule has 57 heavy (non-hydrogen) atoms. The van der Waals surface area contributed by atoms with Gasteiger partial charge in [0.15, 0.2) is 5.75 Å². The average Bonchev–Trinajstić information content (AvgIpc) is 3.27. The largest absolute Gasteiger partial charge is 0.530 e. The monoisotopic (exact) mass is 787 g/mol. The van der Waals surface area contributed by atoms with E-state index in [-0.39, 0.29) is 6.61 Å². The van der Waals surface area contributed by atoms with Crippen LogP contribution in [0.4, 0.5) is 0 Å². The topological polar surface area (TPSA) is 68.3 Å². The SMILES string of the molecule is CC.c1cnc(COP(Oc2cccc3ccccc23)Oc2cccc3ccccc23)c(OP(Oc2cccc3ccccc23)Oc2cccc3ccccc23)c1. The maximum Gasteiger partial charge on any atom is 0.530 e. The van der Waals surface area contributed by atoms with Crippen molar-refractivity contribution in [3.05, 3.63) is 194 Å². The summed E-state index contributed by atoms with van der Waals surface area (Å²) in [5, 5.41) is 7.97. The first kappa shape index (κ1) is 37.7. The second kappa shape index (κ2) is 18.1. The fourth-order valence-electron chi connectivity index (χ4n) is 6.36. The van der Waals surface area contributed by atoms with E-state index in [1.54, 1.807) is 6.20 Å². The molecule has 0 atom stereocenters. The third kappa shape index (κ3) is 8.77. The molecule has 8 aromatic carbocycles. The van der Waals surface area contributed by atoms with Crippen LogP contribution in [-0.4, -0.2) is 4.98 Å². The highest BCUT2D eigenvalue weighted by molar-refractivity contribution is 7.43. The fraction of sp³-hybridized carbons (Fsp3) is 0.0625. The number of rotatable bonds is 13. The van der Waals surface area contributed by atoms with E-state index < -0.39 is 17.2 Å². The van der Waals surface area contributed by atoms with Crippen LogP contribution >= 0.6 is 17.2 Å². The highest BCUT2D eigenvalue weighted by Gasteiger charge is 2.26. The van der Waals surface area contributed by atoms with Gasteiger partial charge in [-0.05, 0) is 57.9 Å². The molecule has 0 unspecified atom stereocenters. The number of aromatic nitrogens is 1. The molecular weight excluding hydrogens is 748 g/mol. The van der Waals surface area contributed by atoms with Crippen LogP contribution in [0.5, 0.6) is 28.7 Å². The molecule has 0 bridgehead atoms. The molecule has 0 amide bonds. The molecule has 9 heteroatoms. The van der Waals surface area contributed by atoms with Crippen molar-refractivity contribution in [2.24, 2.45) is 0 Å². The second-order valence-corrected chi connectivity index (χ2v) is 14.6. The van der Waals surface area contributed by atoms with Gasteiger partial charge in [-0.15, -0.1) is 0 Å². The highest BCUT2D eigenvalue weighted by atomic mass is 31.2. The molecule has 0 aliphatic rings. The molecule has 0 N–H and O–H groups in total. The van der Waals surface area contributed by atoms with Gasteiger partial charge in [-0.2, -0.15) is 0 Å². The number of hydrogen-bond acceptors (Lipinski definition) is 7. The molecular formula is C48H39NO6P2. The van der Waals surface area contributed by atoms with Crippen LogP contribution in [0.15, 0.2) is 188 Å². The Labute approximate surface area is 334 Å². The molecule has 1 aromatic heterocycles. The Hall–Kier alpha value is -6.23. The third-order valence-electron chi connectivity index (χ3n) is 9.02. The quantitative estimate of drug-likeness (QED) is 0.108. The first-order chi connectivity index (χ1) is 28.2. The minimum atomic E-state index is -2.05. The van der Waals surface area contributed by atoms with Gasteiger partial charge in [0.05, 0.1) is 0 Å². The lowest BCUT2D eigenvalue weighted by atomic mass is 10.1. The summed E-state index contributed by atoms with van der Waals surface area (Å²) in [6.45, 7) is 4.02. The summed E-state index contributed by atoms with van der Waals surface area (Å²) in [4.78, 5) is 4.68. The Morgan fingerprint density at radius 1 is 0.351 bits per heavy atom. The summed E-state index contributed by atoms with van der Waals surface area (Å²) in [5.74, 6) is 3.03. The molecule has 0 aliphatic heterocycles. The van der Waals surface area contributed by atoms with E-state index in [9.17, 15) is 0 Å². The van der Waals surface area contributed by atoms with E-state index in [1.165, 1.54) is 0 Å². The standard InChI is InChI=1S/C46H33NO6P2.C2H6/c1-5-22-37-33(14-1)18-9-26-42(37)49-54(50-43-27-10-19-34-15-2-6-23-38(34)43)48-32-41-46(30-13-31-47-41)53-55(51-44-28-11-20-35-16-3-7-24-39(35)44)52-45-29-12-21-36-17-4-8-25-40(36)45;1-2/h1-31H,32H2;1-2H3. The van der Waals surface area contributed by atoms with Crippen molar-refractivity contribution in [1.82, 2.24) is 4.98 Å². The van der Waals surface area contributed by atoms with Crippen molar-refractivity contribution in [2.75, 3.05) is 0 Å². The van der Waals surface area contributed by atoms with Crippen molar-refractivity contribution < 1.29 is 27.1 Å². The molecule has 1 heterocycles. The van der Waals surface area contributed by atoms with Gasteiger partial charge in [0.25, 0.3) is 0 Å². The molecule has 0 spiro atoms. The number of fused-ring (bicyclic) bond motifs is 4. The van der Waals surface area contributed by atoms with Gasteiger partial charge in [0.1, 0.15) is 35.3 Å². The number of nitrogens with zero attached hydrogens (tertiary/aromatic N) is 1. The van der Waals surface area contributed by atoms with E-state index in [2.05, 4.69) is 4.98 Å². The molecule has 282 valence electrons. The van der Waals surface area contributed by atoms with Gasteiger partial charge in [-0.25, -0.2) is 0 Å². The summed E-state index contributed by atoms with van der Waals surface area (Å²) in [5.41, 5.74) is 0.522. The number of benzene rings is 8.